The van der Waals surface area contributed by atoms with Crippen LogP contribution in [0.3, 0.4) is 0 Å². The van der Waals surface area contributed by atoms with Crippen molar-refractivity contribution in [2.45, 2.75) is 12.5 Å². The minimum Gasteiger partial charge on any atom is -0.477 e. The molecule has 0 bridgehead atoms. The number of nitrogens with one attached hydrogen (secondary N) is 1. The Kier molecular flexibility index (Phi) is 7.13. The molecule has 142 valence electrons. The zero-order valence-electron chi connectivity index (χ0n) is 14.4. The van der Waals surface area contributed by atoms with E-state index in [1.165, 1.54) is 25.3 Å². The summed E-state index contributed by atoms with van der Waals surface area (Å²) in [6, 6.07) is 11.8. The van der Waals surface area contributed by atoms with Crippen LogP contribution in [0, 0.1) is 10.1 Å². The van der Waals surface area contributed by atoms with Crippen LogP contribution in [0.1, 0.15) is 18.0 Å². The lowest BCUT2D eigenvalue weighted by Crippen LogP contribution is -2.34. The smallest absolute Gasteiger partial charge is 0.310 e. The van der Waals surface area contributed by atoms with Crippen LogP contribution in [0.2, 0.25) is 5.02 Å². The van der Waals surface area contributed by atoms with Crippen molar-refractivity contribution in [3.63, 3.8) is 0 Å². The highest BCUT2D eigenvalue weighted by Crippen LogP contribution is 2.27. The lowest BCUT2D eigenvalue weighted by atomic mass is 10.0. The summed E-state index contributed by atoms with van der Waals surface area (Å²) in [5, 5.41) is 14.0. The third kappa shape index (κ3) is 5.68. The van der Waals surface area contributed by atoms with Crippen LogP contribution < -0.4 is 10.1 Å². The second-order valence-corrected chi connectivity index (χ2v) is 5.84. The van der Waals surface area contributed by atoms with Crippen molar-refractivity contribution in [1.82, 2.24) is 5.32 Å². The number of nitro benzene ring substituents is 1. The number of para-hydroxylation sites is 2. The van der Waals surface area contributed by atoms with Crippen LogP contribution in [-0.2, 0) is 14.3 Å². The van der Waals surface area contributed by atoms with E-state index < -0.39 is 29.4 Å². The normalized spacial score (nSPS) is 11.3. The molecule has 27 heavy (non-hydrogen) atoms. The van der Waals surface area contributed by atoms with Crippen molar-refractivity contribution in [2.24, 2.45) is 0 Å². The average molecular weight is 393 g/mol. The standard InChI is InChI=1S/C18H17ClN2O6/c1-26-18(23)10-14(12-6-2-3-7-13(12)19)20-17(22)11-27-16-9-5-4-8-15(16)21(24)25/h2-9,14H,10-11H2,1H3,(H,20,22)/t14-/m0/s1. The minimum atomic E-state index is -0.729. The molecule has 1 amide bonds. The van der Waals surface area contributed by atoms with Gasteiger partial charge in [-0.05, 0) is 17.7 Å². The van der Waals surface area contributed by atoms with Gasteiger partial charge in [0, 0.05) is 11.1 Å². The molecule has 1 N–H and O–H groups in total. The van der Waals surface area contributed by atoms with Gasteiger partial charge in [0.2, 0.25) is 0 Å². The summed E-state index contributed by atoms with van der Waals surface area (Å²) in [6.07, 6.45) is -0.128. The average Bonchev–Trinajstić information content (AvgIpc) is 2.66. The molecule has 0 aliphatic rings. The number of ether oxygens (including phenoxy) is 2. The number of esters is 1. The fourth-order valence-corrected chi connectivity index (χ4v) is 2.62. The number of benzene rings is 2. The van der Waals surface area contributed by atoms with Gasteiger partial charge in [0.25, 0.3) is 5.91 Å². The predicted octanol–water partition coefficient (Wildman–Crippen LogP) is 3.05. The number of methoxy groups -OCH3 is 1. The molecule has 2 rings (SSSR count). The van der Waals surface area contributed by atoms with Crippen LogP contribution >= 0.6 is 11.6 Å². The number of nitrogens with zero attached hydrogens (tertiary/aromatic N) is 1. The molecule has 0 heterocycles. The zero-order valence-corrected chi connectivity index (χ0v) is 15.1. The number of rotatable bonds is 8. The van der Waals surface area contributed by atoms with Gasteiger partial charge in [0.15, 0.2) is 12.4 Å². The summed E-state index contributed by atoms with van der Waals surface area (Å²) < 4.78 is 9.91. The van der Waals surface area contributed by atoms with Crippen LogP contribution in [0.25, 0.3) is 0 Å². The number of hydrogen-bond donors (Lipinski definition) is 1. The van der Waals surface area contributed by atoms with Crippen molar-refractivity contribution >= 4 is 29.2 Å². The van der Waals surface area contributed by atoms with Crippen molar-refractivity contribution < 1.29 is 24.0 Å². The second-order valence-electron chi connectivity index (χ2n) is 5.44. The van der Waals surface area contributed by atoms with E-state index >= 15 is 0 Å². The highest BCUT2D eigenvalue weighted by molar-refractivity contribution is 6.31. The van der Waals surface area contributed by atoms with Gasteiger partial charge in [0.1, 0.15) is 0 Å². The highest BCUT2D eigenvalue weighted by atomic mass is 35.5. The number of carbonyl (C=O) groups excluding carboxylic acids is 2. The molecule has 9 heteroatoms. The molecule has 0 aliphatic heterocycles. The Balaban J connectivity index is 2.09. The first-order valence-electron chi connectivity index (χ1n) is 7.89. The van der Waals surface area contributed by atoms with E-state index in [1.54, 1.807) is 30.3 Å². The van der Waals surface area contributed by atoms with E-state index in [9.17, 15) is 19.7 Å². The quantitative estimate of drug-likeness (QED) is 0.420. The Morgan fingerprint density at radius 3 is 2.52 bits per heavy atom. The van der Waals surface area contributed by atoms with Crippen LogP contribution in [-0.4, -0.2) is 30.5 Å². The van der Waals surface area contributed by atoms with Crippen molar-refractivity contribution in [1.29, 1.82) is 0 Å². The van der Waals surface area contributed by atoms with E-state index in [1.807, 2.05) is 0 Å². The molecule has 0 saturated heterocycles. The third-order valence-electron chi connectivity index (χ3n) is 3.64. The van der Waals surface area contributed by atoms with Gasteiger partial charge in [-0.15, -0.1) is 0 Å². The van der Waals surface area contributed by atoms with Gasteiger partial charge >= 0.3 is 11.7 Å². The number of nitro groups is 1. The number of amides is 1. The molecular weight excluding hydrogens is 376 g/mol. The Morgan fingerprint density at radius 2 is 1.85 bits per heavy atom. The molecule has 2 aromatic rings. The molecule has 0 saturated carbocycles. The van der Waals surface area contributed by atoms with Gasteiger partial charge in [-0.2, -0.15) is 0 Å². The van der Waals surface area contributed by atoms with Crippen LogP contribution in [0.15, 0.2) is 48.5 Å². The molecule has 0 radical (unpaired) electrons. The molecule has 1 atom stereocenters. The van der Waals surface area contributed by atoms with Gasteiger partial charge < -0.3 is 14.8 Å². The zero-order chi connectivity index (χ0) is 19.8. The molecule has 0 aliphatic carbocycles. The Hall–Kier alpha value is -3.13. The molecule has 0 fully saturated rings. The number of carbonyl (C=O) groups is 2. The first-order chi connectivity index (χ1) is 12.9. The summed E-state index contributed by atoms with van der Waals surface area (Å²) in [5.74, 6) is -1.12. The van der Waals surface area contributed by atoms with Crippen LogP contribution in [0.5, 0.6) is 5.75 Å². The lowest BCUT2D eigenvalue weighted by Gasteiger charge is -2.19. The monoisotopic (exact) mass is 392 g/mol. The van der Waals surface area contributed by atoms with E-state index in [2.05, 4.69) is 10.1 Å². The van der Waals surface area contributed by atoms with E-state index in [4.69, 9.17) is 16.3 Å². The molecule has 0 unspecified atom stereocenters. The molecule has 0 aromatic heterocycles. The van der Waals surface area contributed by atoms with Gasteiger partial charge in [-0.1, -0.05) is 41.9 Å². The highest BCUT2D eigenvalue weighted by Gasteiger charge is 2.22. The summed E-state index contributed by atoms with van der Waals surface area (Å²) >= 11 is 6.15. The summed E-state index contributed by atoms with van der Waals surface area (Å²) in [6.45, 7) is -0.465. The SMILES string of the molecule is COC(=O)C[C@H](NC(=O)COc1ccccc1[N+](=O)[O-])c1ccccc1Cl. The largest absolute Gasteiger partial charge is 0.477 e. The molecular formula is C18H17ClN2O6. The molecule has 2 aromatic carbocycles. The lowest BCUT2D eigenvalue weighted by molar-refractivity contribution is -0.385. The maximum atomic E-state index is 12.3. The van der Waals surface area contributed by atoms with Gasteiger partial charge in [0.05, 0.1) is 24.5 Å². The van der Waals surface area contributed by atoms with Gasteiger partial charge in [-0.25, -0.2) is 0 Å². The first-order valence-corrected chi connectivity index (χ1v) is 8.27. The summed E-state index contributed by atoms with van der Waals surface area (Å²) in [7, 11) is 1.24. The van der Waals surface area contributed by atoms with Crippen LogP contribution in [0.4, 0.5) is 5.69 Å². The maximum absolute atomic E-state index is 12.3. The second kappa shape index (κ2) is 9.54. The van der Waals surface area contributed by atoms with Gasteiger partial charge in [-0.3, -0.25) is 19.7 Å². The maximum Gasteiger partial charge on any atom is 0.310 e. The molecule has 0 spiro atoms. The summed E-state index contributed by atoms with van der Waals surface area (Å²) in [5.41, 5.74) is 0.297. The topological polar surface area (TPSA) is 108 Å². The summed E-state index contributed by atoms with van der Waals surface area (Å²) in [4.78, 5) is 34.3. The van der Waals surface area contributed by atoms with Crippen molar-refractivity contribution in [2.75, 3.05) is 13.7 Å². The molecule has 8 nitrogen and oxygen atoms in total. The van der Waals surface area contributed by atoms with E-state index in [0.717, 1.165) is 0 Å². The Morgan fingerprint density at radius 1 is 1.19 bits per heavy atom. The van der Waals surface area contributed by atoms with E-state index in [0.29, 0.717) is 10.6 Å². The Bertz CT molecular complexity index is 842. The minimum absolute atomic E-state index is 0.0279. The first kappa shape index (κ1) is 20.2. The van der Waals surface area contributed by atoms with E-state index in [-0.39, 0.29) is 17.9 Å². The fourth-order valence-electron chi connectivity index (χ4n) is 2.36. The fraction of sp³-hybridized carbons (Fsp3) is 0.222. The third-order valence-corrected chi connectivity index (χ3v) is 3.98. The number of halogens is 1. The van der Waals surface area contributed by atoms with Crippen molar-refractivity contribution in [3.05, 3.63) is 69.2 Å². The van der Waals surface area contributed by atoms with Crippen molar-refractivity contribution in [3.8, 4) is 5.75 Å². The predicted molar refractivity (Wildman–Crippen MR) is 97.6 cm³/mol. The number of hydrogen-bond acceptors (Lipinski definition) is 6. The Labute approximate surface area is 160 Å².